The average molecular weight is 491 g/mol. The van der Waals surface area contributed by atoms with Crippen LogP contribution in [0.4, 0.5) is 10.1 Å². The molecule has 2 bridgehead atoms. The SMILES string of the molecule is C=CCN(c1ccc(F)cc1)S(=O)(=O)c1cc(C(=O)N[C@H](C)[C@@H]2C[C@H]3CC[C@@H]2C3)ccc1Cl. The molecule has 2 aliphatic carbocycles. The van der Waals surface area contributed by atoms with Crippen molar-refractivity contribution < 1.29 is 17.6 Å². The van der Waals surface area contributed by atoms with Crippen LogP contribution in [-0.2, 0) is 10.0 Å². The molecule has 0 spiro atoms. The fraction of sp³-hybridized carbons (Fsp3) is 0.400. The van der Waals surface area contributed by atoms with Crippen molar-refractivity contribution >= 4 is 33.2 Å². The van der Waals surface area contributed by atoms with Crippen molar-refractivity contribution in [3.63, 3.8) is 0 Å². The molecule has 2 aromatic rings. The van der Waals surface area contributed by atoms with Gasteiger partial charge in [-0.15, -0.1) is 6.58 Å². The molecule has 33 heavy (non-hydrogen) atoms. The lowest BCUT2D eigenvalue weighted by atomic mass is 9.84. The van der Waals surface area contributed by atoms with Crippen molar-refractivity contribution in [3.8, 4) is 0 Å². The third kappa shape index (κ3) is 4.80. The first kappa shape index (κ1) is 23.8. The van der Waals surface area contributed by atoms with Crippen LogP contribution in [0.2, 0.25) is 5.02 Å². The lowest BCUT2D eigenvalue weighted by Gasteiger charge is -2.28. The molecule has 0 heterocycles. The second-order valence-corrected chi connectivity index (χ2v) is 11.3. The molecule has 4 atom stereocenters. The summed E-state index contributed by atoms with van der Waals surface area (Å²) in [6.07, 6.45) is 6.33. The van der Waals surface area contributed by atoms with Crippen LogP contribution in [0.5, 0.6) is 0 Å². The summed E-state index contributed by atoms with van der Waals surface area (Å²) < 4.78 is 41.4. The number of hydrogen-bond donors (Lipinski definition) is 1. The van der Waals surface area contributed by atoms with E-state index in [2.05, 4.69) is 11.9 Å². The zero-order valence-corrected chi connectivity index (χ0v) is 20.1. The molecule has 2 aliphatic rings. The highest BCUT2D eigenvalue weighted by atomic mass is 35.5. The number of sulfonamides is 1. The molecule has 0 aromatic heterocycles. The van der Waals surface area contributed by atoms with Gasteiger partial charge in [0.25, 0.3) is 15.9 Å². The highest BCUT2D eigenvalue weighted by Crippen LogP contribution is 2.49. The number of anilines is 1. The largest absolute Gasteiger partial charge is 0.349 e. The Morgan fingerprint density at radius 2 is 1.97 bits per heavy atom. The summed E-state index contributed by atoms with van der Waals surface area (Å²) in [6.45, 7) is 5.61. The minimum atomic E-state index is -4.14. The molecule has 4 rings (SSSR count). The van der Waals surface area contributed by atoms with Crippen molar-refractivity contribution in [2.75, 3.05) is 10.8 Å². The Bertz CT molecular complexity index is 1150. The molecule has 2 saturated carbocycles. The summed E-state index contributed by atoms with van der Waals surface area (Å²) in [5.74, 6) is 1.10. The first-order valence-corrected chi connectivity index (χ1v) is 13.0. The van der Waals surface area contributed by atoms with Gasteiger partial charge in [0.1, 0.15) is 10.7 Å². The molecule has 2 aromatic carbocycles. The van der Waals surface area contributed by atoms with Crippen LogP contribution in [-0.4, -0.2) is 26.9 Å². The Hall–Kier alpha value is -2.38. The van der Waals surface area contributed by atoms with E-state index in [-0.39, 0.29) is 39.7 Å². The second kappa shape index (κ2) is 9.47. The predicted octanol–water partition coefficient (Wildman–Crippen LogP) is 5.41. The fourth-order valence-corrected chi connectivity index (χ4v) is 7.27. The van der Waals surface area contributed by atoms with Gasteiger partial charge in [-0.3, -0.25) is 9.10 Å². The van der Waals surface area contributed by atoms with Gasteiger partial charge in [0.15, 0.2) is 0 Å². The Balaban J connectivity index is 1.59. The summed E-state index contributed by atoms with van der Waals surface area (Å²) in [6, 6.07) is 9.38. The number of benzene rings is 2. The van der Waals surface area contributed by atoms with Gasteiger partial charge in [0, 0.05) is 11.6 Å². The van der Waals surface area contributed by atoms with Gasteiger partial charge in [-0.25, -0.2) is 12.8 Å². The molecule has 5 nitrogen and oxygen atoms in total. The summed E-state index contributed by atoms with van der Waals surface area (Å²) in [5.41, 5.74) is 0.498. The van der Waals surface area contributed by atoms with Gasteiger partial charge in [-0.2, -0.15) is 0 Å². The number of nitrogens with one attached hydrogen (secondary N) is 1. The zero-order chi connectivity index (χ0) is 23.8. The Kier molecular flexibility index (Phi) is 6.82. The van der Waals surface area contributed by atoms with Gasteiger partial charge in [0.2, 0.25) is 0 Å². The lowest BCUT2D eigenvalue weighted by Crippen LogP contribution is -2.40. The van der Waals surface area contributed by atoms with E-state index in [1.807, 2.05) is 6.92 Å². The summed E-state index contributed by atoms with van der Waals surface area (Å²) in [4.78, 5) is 12.8. The average Bonchev–Trinajstić information content (AvgIpc) is 3.42. The summed E-state index contributed by atoms with van der Waals surface area (Å²) >= 11 is 6.27. The maximum atomic E-state index is 13.5. The standard InChI is InChI=1S/C25H28ClFN2O3S/c1-3-12-29(21-9-7-20(27)8-10-21)33(31,32)24-15-19(6-11-23(24)26)25(30)28-16(2)22-14-17-4-5-18(22)13-17/h3,6-11,15-18,22H,1,4-5,12-14H2,2H3,(H,28,30)/t16-,17+,18-,22+/m1/s1. The third-order valence-corrected chi connectivity index (χ3v) is 9.24. The van der Waals surface area contributed by atoms with Gasteiger partial charge in [0.05, 0.1) is 17.3 Å². The maximum Gasteiger partial charge on any atom is 0.266 e. The fourth-order valence-electron chi connectivity index (χ4n) is 5.33. The molecule has 0 unspecified atom stereocenters. The second-order valence-electron chi connectivity index (χ2n) is 9.05. The van der Waals surface area contributed by atoms with Crippen LogP contribution in [0.1, 0.15) is 43.0 Å². The van der Waals surface area contributed by atoms with E-state index in [0.717, 1.165) is 16.6 Å². The quantitative estimate of drug-likeness (QED) is 0.503. The molecule has 176 valence electrons. The van der Waals surface area contributed by atoms with Crippen LogP contribution < -0.4 is 9.62 Å². The number of carbonyl (C=O) groups is 1. The van der Waals surface area contributed by atoms with Crippen molar-refractivity contribution in [1.29, 1.82) is 0 Å². The van der Waals surface area contributed by atoms with E-state index in [9.17, 15) is 17.6 Å². The van der Waals surface area contributed by atoms with E-state index in [1.165, 1.54) is 67.8 Å². The molecular weight excluding hydrogens is 463 g/mol. The minimum Gasteiger partial charge on any atom is -0.349 e. The highest BCUT2D eigenvalue weighted by molar-refractivity contribution is 7.93. The number of hydrogen-bond acceptors (Lipinski definition) is 3. The summed E-state index contributed by atoms with van der Waals surface area (Å²) in [5, 5.41) is 3.07. The Morgan fingerprint density at radius 1 is 1.24 bits per heavy atom. The van der Waals surface area contributed by atoms with Crippen LogP contribution in [0, 0.1) is 23.6 Å². The number of halogens is 2. The smallest absolute Gasteiger partial charge is 0.266 e. The first-order chi connectivity index (χ1) is 15.7. The van der Waals surface area contributed by atoms with E-state index < -0.39 is 15.8 Å². The molecule has 1 N–H and O–H groups in total. The molecule has 8 heteroatoms. The molecular formula is C25H28ClFN2O3S. The predicted molar refractivity (Wildman–Crippen MR) is 128 cm³/mol. The van der Waals surface area contributed by atoms with Crippen LogP contribution in [0.25, 0.3) is 0 Å². The number of rotatable bonds is 8. The number of amides is 1. The van der Waals surface area contributed by atoms with Crippen molar-refractivity contribution in [2.45, 2.75) is 43.5 Å². The van der Waals surface area contributed by atoms with Crippen LogP contribution in [0.15, 0.2) is 60.0 Å². The Morgan fingerprint density at radius 3 is 2.58 bits per heavy atom. The van der Waals surface area contributed by atoms with E-state index in [1.54, 1.807) is 0 Å². The minimum absolute atomic E-state index is 0.00359. The summed E-state index contributed by atoms with van der Waals surface area (Å²) in [7, 11) is -4.14. The zero-order valence-electron chi connectivity index (χ0n) is 18.5. The number of fused-ring (bicyclic) bond motifs is 2. The van der Waals surface area contributed by atoms with Crippen molar-refractivity contribution in [1.82, 2.24) is 5.32 Å². The first-order valence-electron chi connectivity index (χ1n) is 11.2. The molecule has 1 amide bonds. The lowest BCUT2D eigenvalue weighted by molar-refractivity contribution is 0.0915. The Labute approximate surface area is 199 Å². The maximum absolute atomic E-state index is 13.5. The van der Waals surface area contributed by atoms with Crippen molar-refractivity contribution in [3.05, 3.63) is 71.5 Å². The van der Waals surface area contributed by atoms with Crippen LogP contribution >= 0.6 is 11.6 Å². The molecule has 2 fully saturated rings. The van der Waals surface area contributed by atoms with E-state index in [4.69, 9.17) is 11.6 Å². The number of carbonyl (C=O) groups excluding carboxylic acids is 1. The molecule has 0 radical (unpaired) electrons. The number of nitrogens with zero attached hydrogens (tertiary/aromatic N) is 1. The van der Waals surface area contributed by atoms with Crippen LogP contribution in [0.3, 0.4) is 0 Å². The van der Waals surface area contributed by atoms with Gasteiger partial charge in [-0.05, 0) is 86.4 Å². The topological polar surface area (TPSA) is 66.5 Å². The van der Waals surface area contributed by atoms with Gasteiger partial charge in [-0.1, -0.05) is 24.1 Å². The monoisotopic (exact) mass is 490 g/mol. The van der Waals surface area contributed by atoms with E-state index in [0.29, 0.717) is 11.8 Å². The highest BCUT2D eigenvalue weighted by Gasteiger charge is 2.42. The molecule has 0 aliphatic heterocycles. The molecule has 0 saturated heterocycles. The van der Waals surface area contributed by atoms with Crippen molar-refractivity contribution in [2.24, 2.45) is 17.8 Å². The third-order valence-electron chi connectivity index (χ3n) is 6.96. The van der Waals surface area contributed by atoms with E-state index >= 15 is 0 Å². The van der Waals surface area contributed by atoms with Gasteiger partial charge >= 0.3 is 0 Å². The normalized spacial score (nSPS) is 22.7. The van der Waals surface area contributed by atoms with Gasteiger partial charge < -0.3 is 5.32 Å².